The van der Waals surface area contributed by atoms with Gasteiger partial charge in [0.25, 0.3) is 0 Å². The summed E-state index contributed by atoms with van der Waals surface area (Å²) in [7, 11) is 0. The molecule has 0 bridgehead atoms. The lowest BCUT2D eigenvalue weighted by molar-refractivity contribution is 1.27. The minimum absolute atomic E-state index is 1.06. The second-order valence-electron chi connectivity index (χ2n) is 2.87. The Bertz CT molecular complexity index is 203. The minimum atomic E-state index is 1.06. The second-order valence-corrected chi connectivity index (χ2v) is 2.87. The summed E-state index contributed by atoms with van der Waals surface area (Å²) >= 11 is 0. The Labute approximate surface area is 69.5 Å². The maximum atomic E-state index is 4.24. The molecule has 0 amide bonds. The fourth-order valence-electron chi connectivity index (χ4n) is 0.402. The summed E-state index contributed by atoms with van der Waals surface area (Å²) in [6.07, 6.45) is 3.90. The third-order valence-electron chi connectivity index (χ3n) is 1.67. The number of hydrogen-bond acceptors (Lipinski definition) is 1. The van der Waals surface area contributed by atoms with Gasteiger partial charge in [-0.1, -0.05) is 11.6 Å². The lowest BCUT2D eigenvalue weighted by Gasteiger charge is -1.94. The molecule has 0 aliphatic rings. The van der Waals surface area contributed by atoms with E-state index in [1.54, 1.807) is 0 Å². The molecule has 1 nitrogen and oxygen atoms in total. The molecule has 0 heterocycles. The number of aliphatic imine (C=N–C) groups is 1. The van der Waals surface area contributed by atoms with E-state index >= 15 is 0 Å². The number of hydrogen-bond donors (Lipinski definition) is 0. The lowest BCUT2D eigenvalue weighted by Crippen LogP contribution is -1.81. The third kappa shape index (κ3) is 4.54. The van der Waals surface area contributed by atoms with Crippen LogP contribution in [0.15, 0.2) is 27.9 Å². The highest BCUT2D eigenvalue weighted by atomic mass is 14.7. The molecule has 0 unspecified atom stereocenters. The quantitative estimate of drug-likeness (QED) is 0.537. The molecule has 0 atom stereocenters. The van der Waals surface area contributed by atoms with E-state index in [0.29, 0.717) is 0 Å². The van der Waals surface area contributed by atoms with Crippen molar-refractivity contribution >= 4 is 6.21 Å². The Balaban J connectivity index is 4.27. The molecule has 0 saturated heterocycles. The van der Waals surface area contributed by atoms with E-state index in [9.17, 15) is 0 Å². The first-order valence-electron chi connectivity index (χ1n) is 3.89. The molecule has 0 saturated carbocycles. The van der Waals surface area contributed by atoms with Crippen molar-refractivity contribution in [2.24, 2.45) is 4.99 Å². The molecule has 0 aromatic rings. The van der Waals surface area contributed by atoms with Gasteiger partial charge in [0.2, 0.25) is 0 Å². The molecular weight excluding hydrogens is 134 g/mol. The van der Waals surface area contributed by atoms with Gasteiger partial charge in [-0.05, 0) is 40.2 Å². The summed E-state index contributed by atoms with van der Waals surface area (Å²) in [4.78, 5) is 4.24. The van der Waals surface area contributed by atoms with Crippen LogP contribution >= 0.6 is 0 Å². The summed E-state index contributed by atoms with van der Waals surface area (Å²) < 4.78 is 0. The normalized spacial score (nSPS) is 12.3. The van der Waals surface area contributed by atoms with E-state index in [0.717, 1.165) is 5.70 Å². The first-order valence-corrected chi connectivity index (χ1v) is 3.89. The van der Waals surface area contributed by atoms with Gasteiger partial charge < -0.3 is 0 Å². The SMILES string of the molecule is C/C=C(\C)N=CC(C)=C(C)C. The van der Waals surface area contributed by atoms with Gasteiger partial charge in [0.05, 0.1) is 0 Å². The molecule has 11 heavy (non-hydrogen) atoms. The van der Waals surface area contributed by atoms with Crippen molar-refractivity contribution in [1.29, 1.82) is 0 Å². The summed E-state index contributed by atoms with van der Waals surface area (Å²) in [6, 6.07) is 0. The maximum absolute atomic E-state index is 4.24. The Morgan fingerprint density at radius 2 is 1.64 bits per heavy atom. The van der Waals surface area contributed by atoms with Crippen LogP contribution in [0.1, 0.15) is 34.6 Å². The van der Waals surface area contributed by atoms with Crippen LogP contribution in [0.2, 0.25) is 0 Å². The van der Waals surface area contributed by atoms with E-state index in [1.165, 1.54) is 11.1 Å². The fourth-order valence-corrected chi connectivity index (χ4v) is 0.402. The van der Waals surface area contributed by atoms with Crippen molar-refractivity contribution < 1.29 is 0 Å². The van der Waals surface area contributed by atoms with Gasteiger partial charge in [-0.15, -0.1) is 0 Å². The number of nitrogens with zero attached hydrogens (tertiary/aromatic N) is 1. The predicted molar refractivity (Wildman–Crippen MR) is 52.0 cm³/mol. The van der Waals surface area contributed by atoms with E-state index in [-0.39, 0.29) is 0 Å². The van der Waals surface area contributed by atoms with E-state index in [2.05, 4.69) is 25.8 Å². The topological polar surface area (TPSA) is 12.4 Å². The van der Waals surface area contributed by atoms with Crippen LogP contribution < -0.4 is 0 Å². The zero-order valence-corrected chi connectivity index (χ0v) is 8.10. The summed E-state index contributed by atoms with van der Waals surface area (Å²) in [5, 5.41) is 0. The van der Waals surface area contributed by atoms with Crippen molar-refractivity contribution in [1.82, 2.24) is 0 Å². The van der Waals surface area contributed by atoms with Crippen LogP contribution in [0.5, 0.6) is 0 Å². The Kier molecular flexibility index (Phi) is 4.51. The van der Waals surface area contributed by atoms with Crippen LogP contribution in [0, 0.1) is 0 Å². The van der Waals surface area contributed by atoms with Gasteiger partial charge in [0.1, 0.15) is 0 Å². The predicted octanol–water partition coefficient (Wildman–Crippen LogP) is 3.34. The van der Waals surface area contributed by atoms with Crippen molar-refractivity contribution in [3.63, 3.8) is 0 Å². The monoisotopic (exact) mass is 151 g/mol. The molecule has 0 spiro atoms. The number of rotatable bonds is 2. The van der Waals surface area contributed by atoms with Crippen LogP contribution in [0.25, 0.3) is 0 Å². The first kappa shape index (κ1) is 10.2. The molecule has 0 aromatic heterocycles. The van der Waals surface area contributed by atoms with E-state index in [4.69, 9.17) is 0 Å². The van der Waals surface area contributed by atoms with Gasteiger partial charge in [0.15, 0.2) is 0 Å². The lowest BCUT2D eigenvalue weighted by atomic mass is 10.2. The highest BCUT2D eigenvalue weighted by Crippen LogP contribution is 2.00. The molecule has 0 rings (SSSR count). The average Bonchev–Trinajstić information content (AvgIpc) is 1.99. The van der Waals surface area contributed by atoms with Crippen molar-refractivity contribution in [3.05, 3.63) is 22.9 Å². The molecular formula is C10H17N. The molecule has 1 heteroatoms. The fraction of sp³-hybridized carbons (Fsp3) is 0.500. The van der Waals surface area contributed by atoms with Gasteiger partial charge >= 0.3 is 0 Å². The van der Waals surface area contributed by atoms with Crippen LogP contribution in [0.4, 0.5) is 0 Å². The molecule has 0 radical (unpaired) electrons. The van der Waals surface area contributed by atoms with Crippen molar-refractivity contribution in [2.45, 2.75) is 34.6 Å². The summed E-state index contributed by atoms with van der Waals surface area (Å²) in [5.74, 6) is 0. The standard InChI is InChI=1S/C10H17N/c1-6-10(5)11-7-9(4)8(2)3/h6-7H,1-5H3/b10-6+,11-7?. The smallest absolute Gasteiger partial charge is 0.0330 e. The molecule has 0 aromatic carbocycles. The summed E-state index contributed by atoms with van der Waals surface area (Å²) in [6.45, 7) is 10.2. The largest absolute Gasteiger partial charge is 0.262 e. The van der Waals surface area contributed by atoms with Crippen molar-refractivity contribution in [3.8, 4) is 0 Å². The van der Waals surface area contributed by atoms with Gasteiger partial charge in [-0.3, -0.25) is 4.99 Å². The average molecular weight is 151 g/mol. The van der Waals surface area contributed by atoms with E-state index < -0.39 is 0 Å². The zero-order chi connectivity index (χ0) is 8.85. The molecule has 0 fully saturated rings. The number of allylic oxidation sites excluding steroid dienone is 4. The first-order chi connectivity index (χ1) is 5.07. The highest BCUT2D eigenvalue weighted by Gasteiger charge is 1.85. The van der Waals surface area contributed by atoms with Gasteiger partial charge in [0, 0.05) is 11.9 Å². The molecule has 62 valence electrons. The van der Waals surface area contributed by atoms with Crippen molar-refractivity contribution in [2.75, 3.05) is 0 Å². The van der Waals surface area contributed by atoms with Gasteiger partial charge in [-0.25, -0.2) is 0 Å². The molecule has 0 aliphatic carbocycles. The second kappa shape index (κ2) is 4.89. The van der Waals surface area contributed by atoms with E-state index in [1.807, 2.05) is 26.1 Å². The Morgan fingerprint density at radius 1 is 1.09 bits per heavy atom. The highest BCUT2D eigenvalue weighted by molar-refractivity contribution is 5.79. The summed E-state index contributed by atoms with van der Waals surface area (Å²) in [5.41, 5.74) is 3.62. The molecule has 0 N–H and O–H groups in total. The minimum Gasteiger partial charge on any atom is -0.262 e. The Hall–Kier alpha value is -0.850. The Morgan fingerprint density at radius 3 is 2.00 bits per heavy atom. The zero-order valence-electron chi connectivity index (χ0n) is 8.10. The molecule has 0 aliphatic heterocycles. The van der Waals surface area contributed by atoms with Crippen LogP contribution in [-0.4, -0.2) is 6.21 Å². The van der Waals surface area contributed by atoms with Crippen LogP contribution in [-0.2, 0) is 0 Å². The maximum Gasteiger partial charge on any atom is 0.0330 e. The van der Waals surface area contributed by atoms with Gasteiger partial charge in [-0.2, -0.15) is 0 Å². The van der Waals surface area contributed by atoms with Crippen LogP contribution in [0.3, 0.4) is 0 Å². The third-order valence-corrected chi connectivity index (χ3v) is 1.67.